The Kier molecular flexibility index (Phi) is 16.5. The Labute approximate surface area is 251 Å². The van der Waals surface area contributed by atoms with Crippen molar-refractivity contribution in [1.82, 2.24) is 0 Å². The lowest BCUT2D eigenvalue weighted by Crippen LogP contribution is -2.35. The SMILES string of the molecule is CCCCCCCCCCCCCCCCCCC(O)COC(c1ccccc1)(c1ccccc1)c1ccccc1. The van der Waals surface area contributed by atoms with Gasteiger partial charge in [-0.1, -0.05) is 201 Å². The maximum absolute atomic E-state index is 10.9. The number of rotatable bonds is 23. The van der Waals surface area contributed by atoms with Gasteiger partial charge in [-0.25, -0.2) is 0 Å². The third-order valence-electron chi connectivity index (χ3n) is 8.42. The minimum Gasteiger partial charge on any atom is -0.391 e. The zero-order chi connectivity index (χ0) is 28.9. The molecule has 3 aromatic carbocycles. The molecular weight excluding hydrogens is 500 g/mol. The van der Waals surface area contributed by atoms with Crippen molar-refractivity contribution < 1.29 is 9.84 Å². The summed E-state index contributed by atoms with van der Waals surface area (Å²) < 4.78 is 6.78. The summed E-state index contributed by atoms with van der Waals surface area (Å²) in [6, 6.07) is 31.2. The van der Waals surface area contributed by atoms with Gasteiger partial charge in [0.2, 0.25) is 0 Å². The summed E-state index contributed by atoms with van der Waals surface area (Å²) in [5.41, 5.74) is 2.46. The van der Waals surface area contributed by atoms with Crippen LogP contribution in [-0.4, -0.2) is 17.8 Å². The molecule has 0 radical (unpaired) electrons. The van der Waals surface area contributed by atoms with E-state index in [0.717, 1.165) is 29.5 Å². The Hall–Kier alpha value is -2.42. The molecule has 3 rings (SSSR count). The van der Waals surface area contributed by atoms with Gasteiger partial charge in [-0.2, -0.15) is 0 Å². The van der Waals surface area contributed by atoms with Gasteiger partial charge in [-0.05, 0) is 23.1 Å². The maximum atomic E-state index is 10.9. The van der Waals surface area contributed by atoms with Crippen molar-refractivity contribution in [2.45, 2.75) is 128 Å². The lowest BCUT2D eigenvalue weighted by molar-refractivity contribution is -0.0405. The summed E-state index contributed by atoms with van der Waals surface area (Å²) in [6.07, 6.45) is 22.1. The van der Waals surface area contributed by atoms with E-state index in [1.54, 1.807) is 0 Å². The standard InChI is InChI=1S/C39H56O2/c1-2-3-4-5-6-7-8-9-10-11-12-13-14-15-16-26-33-38(40)34-41-39(35-27-20-17-21-28-35,36-29-22-18-23-30-36)37-31-24-19-25-32-37/h17-25,27-32,38,40H,2-16,26,33-34H2,1H3. The summed E-state index contributed by atoms with van der Waals surface area (Å²) in [4.78, 5) is 0. The molecule has 1 atom stereocenters. The van der Waals surface area contributed by atoms with E-state index in [1.165, 1.54) is 96.3 Å². The molecule has 224 valence electrons. The van der Waals surface area contributed by atoms with E-state index in [-0.39, 0.29) is 0 Å². The lowest BCUT2D eigenvalue weighted by atomic mass is 9.80. The van der Waals surface area contributed by atoms with Gasteiger partial charge in [0.05, 0.1) is 12.7 Å². The summed E-state index contributed by atoms with van der Waals surface area (Å²) >= 11 is 0. The third-order valence-corrected chi connectivity index (χ3v) is 8.42. The van der Waals surface area contributed by atoms with Gasteiger partial charge in [-0.15, -0.1) is 0 Å². The average molecular weight is 557 g/mol. The van der Waals surface area contributed by atoms with Gasteiger partial charge in [0.1, 0.15) is 5.60 Å². The summed E-state index contributed by atoms with van der Waals surface area (Å²) in [5, 5.41) is 10.9. The van der Waals surface area contributed by atoms with Crippen LogP contribution in [0.25, 0.3) is 0 Å². The van der Waals surface area contributed by atoms with Gasteiger partial charge < -0.3 is 9.84 Å². The molecule has 0 aromatic heterocycles. The first-order valence-corrected chi connectivity index (χ1v) is 16.8. The smallest absolute Gasteiger partial charge is 0.143 e. The fraction of sp³-hybridized carbons (Fsp3) is 0.538. The van der Waals surface area contributed by atoms with Crippen molar-refractivity contribution in [1.29, 1.82) is 0 Å². The number of aliphatic hydroxyl groups is 1. The number of ether oxygens (including phenoxy) is 1. The highest BCUT2D eigenvalue weighted by Crippen LogP contribution is 2.40. The number of benzene rings is 3. The number of unbranched alkanes of at least 4 members (excludes halogenated alkanes) is 15. The monoisotopic (exact) mass is 556 g/mol. The second-order valence-electron chi connectivity index (χ2n) is 11.8. The van der Waals surface area contributed by atoms with Crippen LogP contribution in [0.5, 0.6) is 0 Å². The Morgan fingerprint density at radius 3 is 1.15 bits per heavy atom. The van der Waals surface area contributed by atoms with Crippen LogP contribution in [0.1, 0.15) is 133 Å². The van der Waals surface area contributed by atoms with Gasteiger partial charge in [0, 0.05) is 0 Å². The lowest BCUT2D eigenvalue weighted by Gasteiger charge is -2.36. The van der Waals surface area contributed by atoms with Crippen LogP contribution in [0.3, 0.4) is 0 Å². The van der Waals surface area contributed by atoms with E-state index >= 15 is 0 Å². The zero-order valence-corrected chi connectivity index (χ0v) is 25.8. The molecule has 0 aliphatic heterocycles. The summed E-state index contributed by atoms with van der Waals surface area (Å²) in [6.45, 7) is 2.59. The molecule has 2 heteroatoms. The maximum Gasteiger partial charge on any atom is 0.143 e. The van der Waals surface area contributed by atoms with Gasteiger partial charge in [0.25, 0.3) is 0 Å². The molecule has 3 aromatic rings. The molecule has 0 spiro atoms. The second kappa shape index (κ2) is 20.5. The van der Waals surface area contributed by atoms with Crippen molar-refractivity contribution in [2.24, 2.45) is 0 Å². The first-order chi connectivity index (χ1) is 20.3. The fourth-order valence-corrected chi connectivity index (χ4v) is 6.00. The Bertz CT molecular complexity index is 905. The fourth-order valence-electron chi connectivity index (χ4n) is 6.00. The van der Waals surface area contributed by atoms with Crippen molar-refractivity contribution in [3.63, 3.8) is 0 Å². The molecular formula is C39H56O2. The van der Waals surface area contributed by atoms with Gasteiger partial charge in [0.15, 0.2) is 0 Å². The van der Waals surface area contributed by atoms with E-state index in [4.69, 9.17) is 4.74 Å². The normalized spacial score (nSPS) is 12.4. The molecule has 0 saturated carbocycles. The zero-order valence-electron chi connectivity index (χ0n) is 25.8. The van der Waals surface area contributed by atoms with Crippen molar-refractivity contribution in [3.8, 4) is 0 Å². The van der Waals surface area contributed by atoms with Crippen LogP contribution in [0, 0.1) is 0 Å². The molecule has 0 fully saturated rings. The van der Waals surface area contributed by atoms with Crippen LogP contribution in [0.2, 0.25) is 0 Å². The predicted molar refractivity (Wildman–Crippen MR) is 175 cm³/mol. The molecule has 2 nitrogen and oxygen atoms in total. The number of aliphatic hydroxyl groups excluding tert-OH is 1. The van der Waals surface area contributed by atoms with Gasteiger partial charge in [-0.3, -0.25) is 0 Å². The number of hydrogen-bond acceptors (Lipinski definition) is 2. The average Bonchev–Trinajstić information content (AvgIpc) is 3.03. The predicted octanol–water partition coefficient (Wildman–Crippen LogP) is 11.0. The second-order valence-corrected chi connectivity index (χ2v) is 11.8. The van der Waals surface area contributed by atoms with Crippen LogP contribution >= 0.6 is 0 Å². The van der Waals surface area contributed by atoms with Crippen molar-refractivity contribution in [3.05, 3.63) is 108 Å². The van der Waals surface area contributed by atoms with E-state index < -0.39 is 11.7 Å². The highest BCUT2D eigenvalue weighted by molar-refractivity contribution is 5.47. The van der Waals surface area contributed by atoms with Crippen molar-refractivity contribution in [2.75, 3.05) is 6.61 Å². The third kappa shape index (κ3) is 11.8. The van der Waals surface area contributed by atoms with E-state index in [9.17, 15) is 5.11 Å². The quantitative estimate of drug-likeness (QED) is 0.0929. The first-order valence-electron chi connectivity index (χ1n) is 16.8. The van der Waals surface area contributed by atoms with Crippen LogP contribution in [0.4, 0.5) is 0 Å². The highest BCUT2D eigenvalue weighted by Gasteiger charge is 2.37. The molecule has 0 aliphatic rings. The van der Waals surface area contributed by atoms with Crippen LogP contribution < -0.4 is 0 Å². The number of hydrogen-bond donors (Lipinski definition) is 1. The van der Waals surface area contributed by atoms with Crippen LogP contribution in [0.15, 0.2) is 91.0 Å². The summed E-state index contributed by atoms with van der Waals surface area (Å²) in [5.74, 6) is 0. The van der Waals surface area contributed by atoms with E-state index in [2.05, 4.69) is 79.7 Å². The van der Waals surface area contributed by atoms with E-state index in [0.29, 0.717) is 6.61 Å². The Morgan fingerprint density at radius 2 is 0.805 bits per heavy atom. The minimum absolute atomic E-state index is 0.303. The van der Waals surface area contributed by atoms with Gasteiger partial charge >= 0.3 is 0 Å². The molecule has 1 unspecified atom stereocenters. The highest BCUT2D eigenvalue weighted by atomic mass is 16.5. The van der Waals surface area contributed by atoms with Crippen LogP contribution in [-0.2, 0) is 10.3 Å². The Balaban J connectivity index is 1.36. The molecule has 0 bridgehead atoms. The topological polar surface area (TPSA) is 29.5 Å². The molecule has 1 N–H and O–H groups in total. The molecule has 0 saturated heterocycles. The molecule has 0 aliphatic carbocycles. The summed E-state index contributed by atoms with van der Waals surface area (Å²) in [7, 11) is 0. The van der Waals surface area contributed by atoms with Crippen molar-refractivity contribution >= 4 is 0 Å². The largest absolute Gasteiger partial charge is 0.391 e. The molecule has 0 heterocycles. The van der Waals surface area contributed by atoms with E-state index in [1.807, 2.05) is 18.2 Å². The molecule has 41 heavy (non-hydrogen) atoms. The Morgan fingerprint density at radius 1 is 0.488 bits per heavy atom. The molecule has 0 amide bonds. The first kappa shape index (κ1) is 33.1. The minimum atomic E-state index is -0.764.